The number of hydrogen-bond acceptors (Lipinski definition) is 4. The SMILES string of the molecule is COc1ncc(Cl)c(NCCCCCCl)n1. The third-order valence-electron chi connectivity index (χ3n) is 2.01. The monoisotopic (exact) mass is 263 g/mol. The van der Waals surface area contributed by atoms with Crippen molar-refractivity contribution in [3.05, 3.63) is 11.2 Å². The maximum absolute atomic E-state index is 5.93. The number of alkyl halides is 1. The van der Waals surface area contributed by atoms with Gasteiger partial charge in [0, 0.05) is 12.4 Å². The van der Waals surface area contributed by atoms with Crippen molar-refractivity contribution in [1.82, 2.24) is 9.97 Å². The van der Waals surface area contributed by atoms with Gasteiger partial charge in [0.1, 0.15) is 5.02 Å². The lowest BCUT2D eigenvalue weighted by Crippen LogP contribution is -2.05. The lowest BCUT2D eigenvalue weighted by molar-refractivity contribution is 0.380. The Hall–Kier alpha value is -0.740. The van der Waals surface area contributed by atoms with E-state index in [-0.39, 0.29) is 0 Å². The quantitative estimate of drug-likeness (QED) is 0.607. The average Bonchev–Trinajstić information content (AvgIpc) is 2.31. The van der Waals surface area contributed by atoms with E-state index in [4.69, 9.17) is 27.9 Å². The van der Waals surface area contributed by atoms with Crippen molar-refractivity contribution < 1.29 is 4.74 Å². The molecule has 6 heteroatoms. The molecule has 1 heterocycles. The summed E-state index contributed by atoms with van der Waals surface area (Å²) < 4.78 is 4.92. The molecule has 1 N–H and O–H groups in total. The molecule has 0 aliphatic heterocycles. The van der Waals surface area contributed by atoms with Gasteiger partial charge in [-0.3, -0.25) is 0 Å². The first-order valence-electron chi connectivity index (χ1n) is 5.14. The van der Waals surface area contributed by atoms with Crippen LogP contribution in [0.3, 0.4) is 0 Å². The molecule has 0 aliphatic carbocycles. The standard InChI is InChI=1S/C10H15Cl2N3O/c1-16-10-14-7-8(12)9(15-10)13-6-4-2-3-5-11/h7H,2-6H2,1H3,(H,13,14,15). The van der Waals surface area contributed by atoms with Crippen LogP contribution in [0.1, 0.15) is 19.3 Å². The highest BCUT2D eigenvalue weighted by molar-refractivity contribution is 6.32. The molecule has 90 valence electrons. The average molecular weight is 264 g/mol. The first-order valence-corrected chi connectivity index (χ1v) is 6.05. The molecule has 0 saturated heterocycles. The Morgan fingerprint density at radius 1 is 1.38 bits per heavy atom. The summed E-state index contributed by atoms with van der Waals surface area (Å²) in [6, 6.07) is 0.313. The number of nitrogens with zero attached hydrogens (tertiary/aromatic N) is 2. The Bertz CT molecular complexity index is 323. The third-order valence-corrected chi connectivity index (χ3v) is 2.55. The van der Waals surface area contributed by atoms with Crippen molar-refractivity contribution in [2.24, 2.45) is 0 Å². The molecule has 1 rings (SSSR count). The molecule has 0 aromatic carbocycles. The number of hydrogen-bond donors (Lipinski definition) is 1. The number of halogens is 2. The number of ether oxygens (including phenoxy) is 1. The minimum Gasteiger partial charge on any atom is -0.467 e. The van der Waals surface area contributed by atoms with Gasteiger partial charge in [-0.05, 0) is 12.8 Å². The maximum atomic E-state index is 5.93. The molecule has 0 atom stereocenters. The van der Waals surface area contributed by atoms with Gasteiger partial charge in [0.2, 0.25) is 0 Å². The molecule has 1 aromatic heterocycles. The van der Waals surface area contributed by atoms with Gasteiger partial charge in [-0.2, -0.15) is 4.98 Å². The second kappa shape index (κ2) is 7.52. The number of anilines is 1. The Kier molecular flexibility index (Phi) is 6.26. The van der Waals surface area contributed by atoms with Crippen LogP contribution in [0.2, 0.25) is 5.02 Å². The number of rotatable bonds is 7. The molecule has 0 fully saturated rings. The highest BCUT2D eigenvalue weighted by Gasteiger charge is 2.04. The molecule has 0 saturated carbocycles. The smallest absolute Gasteiger partial charge is 0.318 e. The first-order chi connectivity index (χ1) is 7.77. The first kappa shape index (κ1) is 13.3. The van der Waals surface area contributed by atoms with E-state index in [0.29, 0.717) is 22.7 Å². The van der Waals surface area contributed by atoms with Crippen molar-refractivity contribution in [1.29, 1.82) is 0 Å². The number of unbranched alkanes of at least 4 members (excludes halogenated alkanes) is 2. The van der Waals surface area contributed by atoms with E-state index in [0.717, 1.165) is 25.8 Å². The Labute approximate surface area is 105 Å². The minimum absolute atomic E-state index is 0.313. The Balaban J connectivity index is 2.40. The molecule has 0 bridgehead atoms. The molecule has 0 unspecified atom stereocenters. The number of nitrogens with one attached hydrogen (secondary N) is 1. The summed E-state index contributed by atoms with van der Waals surface area (Å²) in [4.78, 5) is 8.00. The molecule has 0 aliphatic rings. The molecule has 0 spiro atoms. The van der Waals surface area contributed by atoms with Crippen molar-refractivity contribution in [3.8, 4) is 6.01 Å². The second-order valence-electron chi connectivity index (χ2n) is 3.23. The van der Waals surface area contributed by atoms with Crippen LogP contribution in [0.15, 0.2) is 6.20 Å². The molecule has 4 nitrogen and oxygen atoms in total. The molecule has 1 aromatic rings. The van der Waals surface area contributed by atoms with Gasteiger partial charge in [-0.25, -0.2) is 4.98 Å². The van der Waals surface area contributed by atoms with Gasteiger partial charge in [0.05, 0.1) is 13.3 Å². The van der Waals surface area contributed by atoms with Crippen LogP contribution in [0.5, 0.6) is 6.01 Å². The molecule has 0 radical (unpaired) electrons. The third kappa shape index (κ3) is 4.41. The zero-order chi connectivity index (χ0) is 11.8. The van der Waals surface area contributed by atoms with Crippen molar-refractivity contribution in [3.63, 3.8) is 0 Å². The summed E-state index contributed by atoms with van der Waals surface area (Å²) in [6.45, 7) is 0.816. The van der Waals surface area contributed by atoms with Gasteiger partial charge in [0.25, 0.3) is 0 Å². The molecule has 0 amide bonds. The van der Waals surface area contributed by atoms with E-state index in [9.17, 15) is 0 Å². The van der Waals surface area contributed by atoms with E-state index >= 15 is 0 Å². The summed E-state index contributed by atoms with van der Waals surface area (Å²) in [5.41, 5.74) is 0. The van der Waals surface area contributed by atoms with Crippen molar-refractivity contribution >= 4 is 29.0 Å². The lowest BCUT2D eigenvalue weighted by atomic mass is 10.2. The predicted molar refractivity (Wildman–Crippen MR) is 66.7 cm³/mol. The highest BCUT2D eigenvalue weighted by atomic mass is 35.5. The van der Waals surface area contributed by atoms with Crippen LogP contribution in [0, 0.1) is 0 Å². The highest BCUT2D eigenvalue weighted by Crippen LogP contribution is 2.19. The fraction of sp³-hybridized carbons (Fsp3) is 0.600. The Morgan fingerprint density at radius 3 is 2.88 bits per heavy atom. The van der Waals surface area contributed by atoms with Crippen LogP contribution in [-0.2, 0) is 0 Å². The second-order valence-corrected chi connectivity index (χ2v) is 4.01. The van der Waals surface area contributed by atoms with Crippen LogP contribution in [0.25, 0.3) is 0 Å². The minimum atomic E-state index is 0.313. The van der Waals surface area contributed by atoms with E-state index < -0.39 is 0 Å². The van der Waals surface area contributed by atoms with E-state index in [1.165, 1.54) is 13.3 Å². The summed E-state index contributed by atoms with van der Waals surface area (Å²) in [6.07, 6.45) is 4.68. The van der Waals surface area contributed by atoms with Gasteiger partial charge in [-0.1, -0.05) is 18.0 Å². The van der Waals surface area contributed by atoms with Crippen LogP contribution >= 0.6 is 23.2 Å². The van der Waals surface area contributed by atoms with Crippen LogP contribution < -0.4 is 10.1 Å². The Morgan fingerprint density at radius 2 is 2.19 bits per heavy atom. The van der Waals surface area contributed by atoms with Gasteiger partial charge >= 0.3 is 6.01 Å². The summed E-state index contributed by atoms with van der Waals surface area (Å²) >= 11 is 11.5. The zero-order valence-corrected chi connectivity index (χ0v) is 10.7. The fourth-order valence-electron chi connectivity index (χ4n) is 1.18. The normalized spacial score (nSPS) is 10.2. The van der Waals surface area contributed by atoms with Crippen molar-refractivity contribution in [2.75, 3.05) is 24.9 Å². The fourth-order valence-corrected chi connectivity index (χ4v) is 1.52. The van der Waals surface area contributed by atoms with Crippen LogP contribution in [-0.4, -0.2) is 29.5 Å². The predicted octanol–water partition coefficient (Wildman–Crippen LogP) is 2.96. The number of methoxy groups -OCH3 is 1. The lowest BCUT2D eigenvalue weighted by Gasteiger charge is -2.07. The molecular weight excluding hydrogens is 249 g/mol. The summed E-state index contributed by atoms with van der Waals surface area (Å²) in [7, 11) is 1.52. The van der Waals surface area contributed by atoms with E-state index in [1.807, 2.05) is 0 Å². The zero-order valence-electron chi connectivity index (χ0n) is 9.17. The van der Waals surface area contributed by atoms with Gasteiger partial charge in [-0.15, -0.1) is 11.6 Å². The maximum Gasteiger partial charge on any atom is 0.318 e. The van der Waals surface area contributed by atoms with Crippen molar-refractivity contribution in [2.45, 2.75) is 19.3 Å². The molecule has 16 heavy (non-hydrogen) atoms. The van der Waals surface area contributed by atoms with Gasteiger partial charge < -0.3 is 10.1 Å². The molecular formula is C10H15Cl2N3O. The van der Waals surface area contributed by atoms with E-state index in [1.54, 1.807) is 0 Å². The van der Waals surface area contributed by atoms with Gasteiger partial charge in [0.15, 0.2) is 5.82 Å². The van der Waals surface area contributed by atoms with E-state index in [2.05, 4.69) is 15.3 Å². The van der Waals surface area contributed by atoms with Crippen LogP contribution in [0.4, 0.5) is 5.82 Å². The number of aromatic nitrogens is 2. The topological polar surface area (TPSA) is 47.0 Å². The summed E-state index contributed by atoms with van der Waals surface area (Å²) in [5.74, 6) is 1.32. The summed E-state index contributed by atoms with van der Waals surface area (Å²) in [5, 5.41) is 3.64. The largest absolute Gasteiger partial charge is 0.467 e.